The molecule has 0 fully saturated rings. The fourth-order valence-corrected chi connectivity index (χ4v) is 2.51. The summed E-state index contributed by atoms with van der Waals surface area (Å²) in [6.07, 6.45) is 2.35. The Balaban J connectivity index is 1.99. The van der Waals surface area contributed by atoms with Crippen molar-refractivity contribution in [3.63, 3.8) is 0 Å². The molecular formula is C18H21NO2S. The number of anilines is 1. The van der Waals surface area contributed by atoms with Gasteiger partial charge in [-0.1, -0.05) is 25.1 Å². The molecule has 0 spiro atoms. The van der Waals surface area contributed by atoms with Crippen LogP contribution in [-0.4, -0.2) is 18.3 Å². The van der Waals surface area contributed by atoms with E-state index in [1.165, 1.54) is 4.90 Å². The molecule has 1 amide bonds. The summed E-state index contributed by atoms with van der Waals surface area (Å²) in [6.45, 7) is 3.82. The third-order valence-electron chi connectivity index (χ3n) is 3.40. The van der Waals surface area contributed by atoms with Gasteiger partial charge >= 0.3 is 0 Å². The van der Waals surface area contributed by atoms with Gasteiger partial charge in [0.2, 0.25) is 0 Å². The van der Waals surface area contributed by atoms with Gasteiger partial charge in [0.1, 0.15) is 5.75 Å². The summed E-state index contributed by atoms with van der Waals surface area (Å²) in [5.74, 6) is 0.555. The summed E-state index contributed by atoms with van der Waals surface area (Å²) in [7, 11) is 0. The summed E-state index contributed by atoms with van der Waals surface area (Å²) in [5.41, 5.74) is 1.97. The van der Waals surface area contributed by atoms with Gasteiger partial charge in [-0.05, 0) is 55.5 Å². The molecule has 116 valence electrons. The van der Waals surface area contributed by atoms with Gasteiger partial charge in [0.15, 0.2) is 6.10 Å². The van der Waals surface area contributed by atoms with Crippen molar-refractivity contribution in [1.29, 1.82) is 0 Å². The zero-order chi connectivity index (χ0) is 15.9. The van der Waals surface area contributed by atoms with E-state index in [-0.39, 0.29) is 5.91 Å². The molecule has 2 aromatic rings. The third kappa shape index (κ3) is 4.28. The van der Waals surface area contributed by atoms with E-state index in [4.69, 9.17) is 4.74 Å². The molecule has 1 unspecified atom stereocenters. The van der Waals surface area contributed by atoms with Crippen LogP contribution in [0.5, 0.6) is 5.75 Å². The monoisotopic (exact) mass is 315 g/mol. The normalized spacial score (nSPS) is 11.8. The number of carbonyl (C=O) groups is 1. The number of benzene rings is 2. The first kappa shape index (κ1) is 16.4. The van der Waals surface area contributed by atoms with Gasteiger partial charge in [-0.25, -0.2) is 0 Å². The van der Waals surface area contributed by atoms with E-state index in [1.54, 1.807) is 18.7 Å². The topological polar surface area (TPSA) is 38.3 Å². The lowest BCUT2D eigenvalue weighted by atomic mass is 10.1. The summed E-state index contributed by atoms with van der Waals surface area (Å²) >= 11 is 1.67. The molecule has 0 saturated carbocycles. The Kier molecular flexibility index (Phi) is 5.90. The van der Waals surface area contributed by atoms with Crippen molar-refractivity contribution in [2.24, 2.45) is 0 Å². The first-order valence-corrected chi connectivity index (χ1v) is 8.56. The van der Waals surface area contributed by atoms with Crippen molar-refractivity contribution < 1.29 is 9.53 Å². The smallest absolute Gasteiger partial charge is 0.265 e. The molecule has 1 N–H and O–H groups in total. The molecule has 1 atom stereocenters. The Hall–Kier alpha value is -1.94. The van der Waals surface area contributed by atoms with Crippen LogP contribution in [0.1, 0.15) is 19.4 Å². The zero-order valence-corrected chi connectivity index (χ0v) is 13.9. The molecule has 0 bridgehead atoms. The van der Waals surface area contributed by atoms with Crippen LogP contribution in [0.2, 0.25) is 0 Å². The maximum atomic E-state index is 12.3. The quantitative estimate of drug-likeness (QED) is 0.804. The lowest BCUT2D eigenvalue weighted by Crippen LogP contribution is -2.30. The highest BCUT2D eigenvalue weighted by Crippen LogP contribution is 2.20. The van der Waals surface area contributed by atoms with Crippen LogP contribution >= 0.6 is 11.8 Å². The molecule has 3 nitrogen and oxygen atoms in total. The molecule has 0 aromatic heterocycles. The number of amides is 1. The SMILES string of the molecule is CCc1ccccc1NC(=O)C(C)Oc1ccc(SC)cc1. The van der Waals surface area contributed by atoms with Gasteiger partial charge in [-0.3, -0.25) is 4.79 Å². The van der Waals surface area contributed by atoms with E-state index in [9.17, 15) is 4.79 Å². The minimum absolute atomic E-state index is 0.144. The molecule has 2 aromatic carbocycles. The van der Waals surface area contributed by atoms with Gasteiger partial charge in [0.25, 0.3) is 5.91 Å². The predicted octanol–water partition coefficient (Wildman–Crippen LogP) is 4.38. The maximum absolute atomic E-state index is 12.3. The molecule has 4 heteroatoms. The number of hydrogen-bond donors (Lipinski definition) is 1. The average Bonchev–Trinajstić information content (AvgIpc) is 2.56. The second kappa shape index (κ2) is 7.90. The van der Waals surface area contributed by atoms with Gasteiger partial charge in [0, 0.05) is 10.6 Å². The van der Waals surface area contributed by atoms with Crippen molar-refractivity contribution in [1.82, 2.24) is 0 Å². The first-order chi connectivity index (χ1) is 10.6. The fraction of sp³-hybridized carbons (Fsp3) is 0.278. The van der Waals surface area contributed by atoms with Gasteiger partial charge in [-0.2, -0.15) is 0 Å². The second-order valence-corrected chi connectivity index (χ2v) is 5.82. The van der Waals surface area contributed by atoms with Crippen molar-refractivity contribution in [3.05, 3.63) is 54.1 Å². The fourth-order valence-electron chi connectivity index (χ4n) is 2.10. The summed E-state index contributed by atoms with van der Waals surface area (Å²) in [6, 6.07) is 15.6. The number of para-hydroxylation sites is 1. The second-order valence-electron chi connectivity index (χ2n) is 4.94. The first-order valence-electron chi connectivity index (χ1n) is 7.33. The van der Waals surface area contributed by atoms with E-state index in [0.717, 1.165) is 17.7 Å². The van der Waals surface area contributed by atoms with E-state index in [0.29, 0.717) is 5.75 Å². The van der Waals surface area contributed by atoms with Crippen molar-refractivity contribution >= 4 is 23.4 Å². The Morgan fingerprint density at radius 1 is 1.18 bits per heavy atom. The molecule has 0 heterocycles. The lowest BCUT2D eigenvalue weighted by molar-refractivity contribution is -0.122. The minimum Gasteiger partial charge on any atom is -0.481 e. The Morgan fingerprint density at radius 2 is 1.86 bits per heavy atom. The van der Waals surface area contributed by atoms with E-state index >= 15 is 0 Å². The summed E-state index contributed by atoms with van der Waals surface area (Å²) in [4.78, 5) is 13.4. The van der Waals surface area contributed by atoms with E-state index < -0.39 is 6.10 Å². The van der Waals surface area contributed by atoms with Crippen molar-refractivity contribution in [2.75, 3.05) is 11.6 Å². The number of aryl methyl sites for hydroxylation is 1. The Bertz CT molecular complexity index is 625. The molecule has 2 rings (SSSR count). The predicted molar refractivity (Wildman–Crippen MR) is 92.8 cm³/mol. The Morgan fingerprint density at radius 3 is 2.50 bits per heavy atom. The number of thioether (sulfide) groups is 1. The van der Waals surface area contributed by atoms with Crippen LogP contribution in [0.15, 0.2) is 53.4 Å². The van der Waals surface area contributed by atoms with Crippen LogP contribution in [0.3, 0.4) is 0 Å². The molecule has 0 aliphatic rings. The molecule has 22 heavy (non-hydrogen) atoms. The van der Waals surface area contributed by atoms with Crippen LogP contribution in [0.25, 0.3) is 0 Å². The van der Waals surface area contributed by atoms with Crippen LogP contribution in [-0.2, 0) is 11.2 Å². The summed E-state index contributed by atoms with van der Waals surface area (Å²) in [5, 5.41) is 2.94. The molecule has 0 aliphatic heterocycles. The van der Waals surface area contributed by atoms with Crippen LogP contribution in [0.4, 0.5) is 5.69 Å². The largest absolute Gasteiger partial charge is 0.481 e. The highest BCUT2D eigenvalue weighted by Gasteiger charge is 2.15. The molecule has 0 saturated heterocycles. The minimum atomic E-state index is -0.551. The van der Waals surface area contributed by atoms with Gasteiger partial charge in [0.05, 0.1) is 0 Å². The zero-order valence-electron chi connectivity index (χ0n) is 13.1. The van der Waals surface area contributed by atoms with E-state index in [1.807, 2.05) is 54.8 Å². The number of nitrogens with one attached hydrogen (secondary N) is 1. The number of ether oxygens (including phenoxy) is 1. The Labute approximate surface area is 136 Å². The van der Waals surface area contributed by atoms with E-state index in [2.05, 4.69) is 12.2 Å². The third-order valence-corrected chi connectivity index (χ3v) is 4.14. The van der Waals surface area contributed by atoms with Crippen molar-refractivity contribution in [2.45, 2.75) is 31.3 Å². The van der Waals surface area contributed by atoms with Gasteiger partial charge < -0.3 is 10.1 Å². The molecule has 0 radical (unpaired) electrons. The van der Waals surface area contributed by atoms with Gasteiger partial charge in [-0.15, -0.1) is 11.8 Å². The average molecular weight is 315 g/mol. The lowest BCUT2D eigenvalue weighted by Gasteiger charge is -2.16. The molecule has 0 aliphatic carbocycles. The number of rotatable bonds is 6. The standard InChI is InChI=1S/C18H21NO2S/c1-4-14-7-5-6-8-17(14)19-18(20)13(2)21-15-9-11-16(22-3)12-10-15/h5-13H,4H2,1-3H3,(H,19,20). The highest BCUT2D eigenvalue weighted by molar-refractivity contribution is 7.98. The van der Waals surface area contributed by atoms with Crippen molar-refractivity contribution in [3.8, 4) is 5.75 Å². The molecular weight excluding hydrogens is 294 g/mol. The maximum Gasteiger partial charge on any atom is 0.265 e. The summed E-state index contributed by atoms with van der Waals surface area (Å²) < 4.78 is 5.70. The number of carbonyl (C=O) groups excluding carboxylic acids is 1. The highest BCUT2D eigenvalue weighted by atomic mass is 32.2. The number of hydrogen-bond acceptors (Lipinski definition) is 3. The van der Waals surface area contributed by atoms with Crippen LogP contribution < -0.4 is 10.1 Å². The van der Waals surface area contributed by atoms with Crippen LogP contribution in [0, 0.1) is 0 Å².